The Kier molecular flexibility index (Phi) is 4.66. The molecule has 0 saturated carbocycles. The Balaban J connectivity index is 2.24. The number of carboxylic acid groups (broad SMARTS) is 1. The highest BCUT2D eigenvalue weighted by molar-refractivity contribution is 5.88. The third-order valence-electron chi connectivity index (χ3n) is 4.47. The van der Waals surface area contributed by atoms with Crippen LogP contribution in [-0.4, -0.2) is 11.1 Å². The Bertz CT molecular complexity index is 1070. The lowest BCUT2D eigenvalue weighted by Crippen LogP contribution is -2.24. The molecular weight excluding hydrogens is 340 g/mol. The number of rotatable bonds is 3. The van der Waals surface area contributed by atoms with Gasteiger partial charge in [-0.2, -0.15) is 10.5 Å². The van der Waals surface area contributed by atoms with Gasteiger partial charge in [-0.3, -0.25) is 0 Å². The van der Waals surface area contributed by atoms with E-state index in [0.717, 1.165) is 5.56 Å². The molecule has 1 unspecified atom stereocenters. The van der Waals surface area contributed by atoms with Crippen LogP contribution in [0.2, 0.25) is 0 Å². The van der Waals surface area contributed by atoms with Gasteiger partial charge in [0.05, 0.1) is 40.5 Å². The largest absolute Gasteiger partial charge is 0.478 e. The molecule has 0 spiro atoms. The van der Waals surface area contributed by atoms with Crippen molar-refractivity contribution >= 4 is 17.4 Å². The number of hydrogen-bond donors (Lipinski definition) is 3. The van der Waals surface area contributed by atoms with Gasteiger partial charge >= 0.3 is 5.97 Å². The highest BCUT2D eigenvalue weighted by Crippen LogP contribution is 2.40. The van der Waals surface area contributed by atoms with Crippen molar-refractivity contribution in [1.82, 2.24) is 5.32 Å². The fraction of sp³-hybridized carbons (Fsp3) is 0.0952. The number of carbonyl (C=O) groups is 1. The highest BCUT2D eigenvalue weighted by atomic mass is 16.4. The Morgan fingerprint density at radius 3 is 2.37 bits per heavy atom. The van der Waals surface area contributed by atoms with Crippen LogP contribution in [0.15, 0.2) is 65.4 Å². The van der Waals surface area contributed by atoms with Gasteiger partial charge in [-0.25, -0.2) is 4.79 Å². The van der Waals surface area contributed by atoms with Crippen molar-refractivity contribution in [2.24, 2.45) is 0 Å². The summed E-state index contributed by atoms with van der Waals surface area (Å²) in [7, 11) is 0. The maximum absolute atomic E-state index is 11.3. The van der Waals surface area contributed by atoms with Gasteiger partial charge in [-0.05, 0) is 42.3 Å². The summed E-state index contributed by atoms with van der Waals surface area (Å²) < 4.78 is 0. The molecule has 0 amide bonds. The van der Waals surface area contributed by atoms with Gasteiger partial charge in [0.25, 0.3) is 0 Å². The van der Waals surface area contributed by atoms with Crippen LogP contribution >= 0.6 is 0 Å². The van der Waals surface area contributed by atoms with Crippen LogP contribution in [-0.2, 0) is 0 Å². The van der Waals surface area contributed by atoms with Crippen molar-refractivity contribution in [2.45, 2.75) is 12.8 Å². The second-order valence-electron chi connectivity index (χ2n) is 6.16. The number of nitrogens with two attached hydrogens (primary N) is 1. The number of nitrogen functional groups attached to an aromatic ring is 1. The molecule has 132 valence electrons. The van der Waals surface area contributed by atoms with Crippen LogP contribution in [0.3, 0.4) is 0 Å². The quantitative estimate of drug-likeness (QED) is 0.724. The molecule has 1 atom stereocenters. The van der Waals surface area contributed by atoms with Crippen LogP contribution in [0.5, 0.6) is 0 Å². The minimum Gasteiger partial charge on any atom is -0.478 e. The number of benzene rings is 2. The lowest BCUT2D eigenvalue weighted by atomic mass is 9.80. The molecule has 0 aliphatic carbocycles. The predicted octanol–water partition coefficient (Wildman–Crippen LogP) is 3.39. The molecule has 0 aromatic heterocycles. The Morgan fingerprint density at radius 1 is 1.11 bits per heavy atom. The molecule has 27 heavy (non-hydrogen) atoms. The SMILES string of the molecule is CC1=C(C#N)C(c2cccc(C(=O)O)c2)C(C#N)=C(c2ccc(N)cc2)N1. The zero-order valence-electron chi connectivity index (χ0n) is 14.5. The van der Waals surface area contributed by atoms with Crippen molar-refractivity contribution in [2.75, 3.05) is 5.73 Å². The zero-order valence-corrected chi connectivity index (χ0v) is 14.5. The number of hydrogen-bond acceptors (Lipinski definition) is 5. The maximum Gasteiger partial charge on any atom is 0.335 e. The van der Waals surface area contributed by atoms with E-state index in [-0.39, 0.29) is 5.56 Å². The molecule has 4 N–H and O–H groups in total. The standard InChI is InChI=1S/C21H16N4O2/c1-12-17(10-22)19(14-3-2-4-15(9-14)21(26)27)18(11-23)20(25-12)13-5-7-16(24)8-6-13/h2-9,19,25H,24H2,1H3,(H,26,27). The van der Waals surface area contributed by atoms with Gasteiger partial charge < -0.3 is 16.2 Å². The first-order valence-electron chi connectivity index (χ1n) is 8.17. The molecule has 1 aliphatic rings. The number of nitrogens with zero attached hydrogens (tertiary/aromatic N) is 2. The van der Waals surface area contributed by atoms with Gasteiger partial charge in [-0.15, -0.1) is 0 Å². The molecule has 2 aromatic rings. The summed E-state index contributed by atoms with van der Waals surface area (Å²) in [6.45, 7) is 1.76. The molecule has 6 heteroatoms. The Morgan fingerprint density at radius 2 is 1.78 bits per heavy atom. The first-order valence-corrected chi connectivity index (χ1v) is 8.17. The lowest BCUT2D eigenvalue weighted by molar-refractivity contribution is 0.0696. The number of nitriles is 2. The van der Waals surface area contributed by atoms with Crippen LogP contribution in [0.1, 0.15) is 34.3 Å². The van der Waals surface area contributed by atoms with Crippen LogP contribution in [0.25, 0.3) is 5.70 Å². The van der Waals surface area contributed by atoms with Crippen molar-refractivity contribution < 1.29 is 9.90 Å². The van der Waals surface area contributed by atoms with Crippen LogP contribution in [0, 0.1) is 22.7 Å². The van der Waals surface area contributed by atoms with Gasteiger partial charge in [0, 0.05) is 11.4 Å². The number of anilines is 1. The van der Waals surface area contributed by atoms with E-state index in [2.05, 4.69) is 17.5 Å². The summed E-state index contributed by atoms with van der Waals surface area (Å²) in [4.78, 5) is 11.3. The van der Waals surface area contributed by atoms with E-state index in [1.54, 1.807) is 43.3 Å². The van der Waals surface area contributed by atoms with Crippen molar-refractivity contribution in [3.05, 3.63) is 82.1 Å². The third-order valence-corrected chi connectivity index (χ3v) is 4.47. The number of nitrogens with one attached hydrogen (secondary N) is 1. The summed E-state index contributed by atoms with van der Waals surface area (Å²) in [6.07, 6.45) is 0. The minimum absolute atomic E-state index is 0.104. The summed E-state index contributed by atoms with van der Waals surface area (Å²) in [5.74, 6) is -1.71. The van der Waals surface area contributed by atoms with Crippen LogP contribution in [0.4, 0.5) is 5.69 Å². The van der Waals surface area contributed by atoms with Crippen LogP contribution < -0.4 is 11.1 Å². The molecular formula is C21H16N4O2. The molecule has 2 aromatic carbocycles. The molecule has 3 rings (SSSR count). The van der Waals surface area contributed by atoms with E-state index in [9.17, 15) is 20.4 Å². The predicted molar refractivity (Wildman–Crippen MR) is 101 cm³/mol. The normalized spacial score (nSPS) is 16.3. The smallest absolute Gasteiger partial charge is 0.335 e. The first kappa shape index (κ1) is 17.8. The number of aromatic carboxylic acids is 1. The fourth-order valence-electron chi connectivity index (χ4n) is 3.16. The first-order chi connectivity index (χ1) is 13.0. The average Bonchev–Trinajstić information content (AvgIpc) is 2.67. The van der Waals surface area contributed by atoms with E-state index >= 15 is 0 Å². The second-order valence-corrected chi connectivity index (χ2v) is 6.16. The topological polar surface area (TPSA) is 123 Å². The van der Waals surface area contributed by atoms with Gasteiger partial charge in [0.15, 0.2) is 0 Å². The lowest BCUT2D eigenvalue weighted by Gasteiger charge is -2.28. The molecule has 1 aliphatic heterocycles. The summed E-state index contributed by atoms with van der Waals surface area (Å²) in [5.41, 5.74) is 9.73. The van der Waals surface area contributed by atoms with E-state index in [4.69, 9.17) is 5.73 Å². The second kappa shape index (κ2) is 7.07. The Hall–Kier alpha value is -4.03. The molecule has 0 radical (unpaired) electrons. The van der Waals surface area contributed by atoms with E-state index in [1.807, 2.05) is 0 Å². The van der Waals surface area contributed by atoms with Gasteiger partial charge in [0.1, 0.15) is 0 Å². The molecule has 1 heterocycles. The third kappa shape index (κ3) is 3.24. The molecule has 0 fully saturated rings. The number of dihydropyridines is 1. The van der Waals surface area contributed by atoms with Gasteiger partial charge in [-0.1, -0.05) is 24.3 Å². The van der Waals surface area contributed by atoms with Gasteiger partial charge in [0.2, 0.25) is 0 Å². The van der Waals surface area contributed by atoms with E-state index < -0.39 is 11.9 Å². The fourth-order valence-corrected chi connectivity index (χ4v) is 3.16. The summed E-state index contributed by atoms with van der Waals surface area (Å²) >= 11 is 0. The van der Waals surface area contributed by atoms with Crippen molar-refractivity contribution in [3.8, 4) is 12.1 Å². The van der Waals surface area contributed by atoms with Crippen molar-refractivity contribution in [1.29, 1.82) is 10.5 Å². The van der Waals surface area contributed by atoms with Crippen molar-refractivity contribution in [3.63, 3.8) is 0 Å². The number of allylic oxidation sites excluding steroid dienone is 3. The minimum atomic E-state index is -1.06. The Labute approximate surface area is 156 Å². The number of carboxylic acids is 1. The monoisotopic (exact) mass is 356 g/mol. The summed E-state index contributed by atoms with van der Waals surface area (Å²) in [6, 6.07) is 17.7. The molecule has 6 nitrogen and oxygen atoms in total. The molecule has 0 saturated heterocycles. The van der Waals surface area contributed by atoms with E-state index in [0.29, 0.717) is 33.8 Å². The maximum atomic E-state index is 11.3. The van der Waals surface area contributed by atoms with E-state index in [1.165, 1.54) is 12.1 Å². The zero-order chi connectivity index (χ0) is 19.6. The summed E-state index contributed by atoms with van der Waals surface area (Å²) in [5, 5.41) is 32.0. The molecule has 0 bridgehead atoms. The average molecular weight is 356 g/mol. The highest BCUT2D eigenvalue weighted by Gasteiger charge is 2.31.